The average Bonchev–Trinajstić information content (AvgIpc) is 3.17. The maximum atomic E-state index is 10.3. The number of benzene rings is 2. The molecule has 1 aromatic heterocycles. The monoisotopic (exact) mass is 348 g/mol. The molecule has 1 aliphatic rings. The van der Waals surface area contributed by atoms with Gasteiger partial charge in [0.25, 0.3) is 0 Å². The second-order valence-electron chi connectivity index (χ2n) is 6.35. The molecule has 3 nitrogen and oxygen atoms in total. The van der Waals surface area contributed by atoms with Crippen molar-refractivity contribution in [3.05, 3.63) is 87.6 Å². The fraction of sp³-hybridized carbons (Fsp3) is 0.190. The summed E-state index contributed by atoms with van der Waals surface area (Å²) in [4.78, 5) is 6.16. The number of aliphatic imine (C=N–C) groups is 1. The first-order valence-corrected chi connectivity index (χ1v) is 9.30. The zero-order valence-corrected chi connectivity index (χ0v) is 14.8. The maximum Gasteiger partial charge on any atom is 0.126 e. The normalized spacial score (nSPS) is 20.3. The molecule has 126 valence electrons. The molecule has 3 aromatic rings. The van der Waals surface area contributed by atoms with Crippen LogP contribution in [0.3, 0.4) is 0 Å². The van der Waals surface area contributed by atoms with Crippen molar-refractivity contribution in [1.82, 2.24) is 5.32 Å². The zero-order chi connectivity index (χ0) is 17.2. The van der Waals surface area contributed by atoms with Crippen molar-refractivity contribution in [2.24, 2.45) is 4.99 Å². The van der Waals surface area contributed by atoms with Gasteiger partial charge in [0.1, 0.15) is 11.9 Å². The molecule has 0 radical (unpaired) electrons. The largest absolute Gasteiger partial charge is 0.508 e. The van der Waals surface area contributed by atoms with Crippen LogP contribution in [-0.4, -0.2) is 10.8 Å². The Balaban J connectivity index is 1.74. The average molecular weight is 348 g/mol. The van der Waals surface area contributed by atoms with E-state index in [9.17, 15) is 5.11 Å². The Morgan fingerprint density at radius 3 is 2.56 bits per heavy atom. The molecule has 0 aliphatic carbocycles. The molecule has 0 amide bonds. The lowest BCUT2D eigenvalue weighted by atomic mass is 9.96. The molecule has 2 atom stereocenters. The quantitative estimate of drug-likeness (QED) is 0.701. The highest BCUT2D eigenvalue weighted by atomic mass is 32.1. The van der Waals surface area contributed by atoms with Crippen LogP contribution in [-0.2, 0) is 0 Å². The molecule has 0 saturated carbocycles. The van der Waals surface area contributed by atoms with Crippen molar-refractivity contribution in [3.63, 3.8) is 0 Å². The summed E-state index contributed by atoms with van der Waals surface area (Å²) in [5, 5.41) is 16.0. The van der Waals surface area contributed by atoms with Gasteiger partial charge in [-0.3, -0.25) is 10.3 Å². The predicted octanol–water partition coefficient (Wildman–Crippen LogP) is 4.98. The first-order chi connectivity index (χ1) is 12.2. The highest BCUT2D eigenvalue weighted by Crippen LogP contribution is 2.34. The lowest BCUT2D eigenvalue weighted by Crippen LogP contribution is -2.32. The van der Waals surface area contributed by atoms with Gasteiger partial charge in [0.15, 0.2) is 0 Å². The third kappa shape index (κ3) is 3.36. The standard InChI is InChI=1S/C21H20N2OS/c1-14-8-10-15(11-9-14)21-22-17(16-5-2-3-6-19(16)24)13-18(23-21)20-7-4-12-25-20/h2-12,17,21-22,24H,13H2,1H3/t17-,21-/m1/s1. The minimum Gasteiger partial charge on any atom is -0.508 e. The fourth-order valence-corrected chi connectivity index (χ4v) is 3.93. The van der Waals surface area contributed by atoms with E-state index in [4.69, 9.17) is 4.99 Å². The molecule has 25 heavy (non-hydrogen) atoms. The Bertz CT molecular complexity index is 885. The molecule has 0 saturated heterocycles. The maximum absolute atomic E-state index is 10.3. The Labute approximate surface area is 151 Å². The zero-order valence-electron chi connectivity index (χ0n) is 14.0. The van der Waals surface area contributed by atoms with Crippen LogP contribution in [0.25, 0.3) is 0 Å². The number of hydrogen-bond acceptors (Lipinski definition) is 4. The first-order valence-electron chi connectivity index (χ1n) is 8.42. The SMILES string of the molecule is Cc1ccc([C@H]2N=C(c3cccs3)C[C@H](c3ccccc3O)N2)cc1. The van der Waals surface area contributed by atoms with Gasteiger partial charge in [0.05, 0.1) is 5.71 Å². The number of nitrogens with one attached hydrogen (secondary N) is 1. The lowest BCUT2D eigenvalue weighted by molar-refractivity contribution is 0.413. The summed E-state index contributed by atoms with van der Waals surface area (Å²) in [5.41, 5.74) is 4.38. The molecule has 0 spiro atoms. The smallest absolute Gasteiger partial charge is 0.126 e. The summed E-state index contributed by atoms with van der Waals surface area (Å²) in [5.74, 6) is 0.329. The van der Waals surface area contributed by atoms with Crippen molar-refractivity contribution in [2.45, 2.75) is 25.6 Å². The molecule has 2 N–H and O–H groups in total. The van der Waals surface area contributed by atoms with E-state index in [0.717, 1.165) is 23.3 Å². The van der Waals surface area contributed by atoms with Gasteiger partial charge in [-0.05, 0) is 30.0 Å². The van der Waals surface area contributed by atoms with Crippen LogP contribution in [0, 0.1) is 6.92 Å². The number of aromatic hydroxyl groups is 1. The minimum absolute atomic E-state index is 0.0297. The van der Waals surface area contributed by atoms with Gasteiger partial charge in [-0.1, -0.05) is 54.1 Å². The number of phenolic OH excluding ortho intramolecular Hbond substituents is 1. The third-order valence-corrected chi connectivity index (χ3v) is 5.47. The predicted molar refractivity (Wildman–Crippen MR) is 103 cm³/mol. The van der Waals surface area contributed by atoms with Gasteiger partial charge in [0.2, 0.25) is 0 Å². The third-order valence-electron chi connectivity index (χ3n) is 4.55. The van der Waals surface area contributed by atoms with Gasteiger partial charge in [-0.2, -0.15) is 0 Å². The first kappa shape index (κ1) is 16.1. The fourth-order valence-electron chi connectivity index (χ4n) is 3.20. The number of rotatable bonds is 3. The molecular weight excluding hydrogens is 328 g/mol. The van der Waals surface area contributed by atoms with E-state index >= 15 is 0 Å². The summed E-state index contributed by atoms with van der Waals surface area (Å²) in [6.07, 6.45) is 0.650. The summed E-state index contributed by atoms with van der Waals surface area (Å²) < 4.78 is 0. The van der Waals surface area contributed by atoms with E-state index in [0.29, 0.717) is 5.75 Å². The molecule has 0 bridgehead atoms. The number of nitrogens with zero attached hydrogens (tertiary/aromatic N) is 1. The number of para-hydroxylation sites is 1. The minimum atomic E-state index is -0.115. The molecule has 0 fully saturated rings. The number of thiophene rings is 1. The van der Waals surface area contributed by atoms with Crippen molar-refractivity contribution in [1.29, 1.82) is 0 Å². The van der Waals surface area contributed by atoms with E-state index in [2.05, 4.69) is 54.0 Å². The summed E-state index contributed by atoms with van der Waals surface area (Å²) in [6, 6.07) is 20.2. The molecule has 2 aromatic carbocycles. The molecule has 1 aliphatic heterocycles. The Morgan fingerprint density at radius 1 is 1.04 bits per heavy atom. The van der Waals surface area contributed by atoms with Gasteiger partial charge in [-0.25, -0.2) is 0 Å². The van der Waals surface area contributed by atoms with E-state index in [1.54, 1.807) is 17.4 Å². The summed E-state index contributed by atoms with van der Waals surface area (Å²) in [7, 11) is 0. The van der Waals surface area contributed by atoms with Gasteiger partial charge in [-0.15, -0.1) is 11.3 Å². The van der Waals surface area contributed by atoms with Crippen molar-refractivity contribution in [3.8, 4) is 5.75 Å². The van der Waals surface area contributed by atoms with E-state index in [1.807, 2.05) is 18.2 Å². The molecule has 0 unspecified atom stereocenters. The van der Waals surface area contributed by atoms with Gasteiger partial charge < -0.3 is 5.11 Å². The van der Waals surface area contributed by atoms with Crippen LogP contribution in [0.1, 0.15) is 40.2 Å². The molecular formula is C21H20N2OS. The van der Waals surface area contributed by atoms with Crippen LogP contribution in [0.5, 0.6) is 5.75 Å². The van der Waals surface area contributed by atoms with Crippen LogP contribution < -0.4 is 5.32 Å². The topological polar surface area (TPSA) is 44.6 Å². The second kappa shape index (κ2) is 6.82. The number of aryl methyl sites for hydroxylation is 1. The van der Waals surface area contributed by atoms with Crippen molar-refractivity contribution in [2.75, 3.05) is 0 Å². The number of hydrogen-bond donors (Lipinski definition) is 2. The van der Waals surface area contributed by atoms with Gasteiger partial charge >= 0.3 is 0 Å². The second-order valence-corrected chi connectivity index (χ2v) is 7.30. The lowest BCUT2D eigenvalue weighted by Gasteiger charge is -2.30. The highest BCUT2D eigenvalue weighted by molar-refractivity contribution is 7.12. The summed E-state index contributed by atoms with van der Waals surface area (Å²) in [6.45, 7) is 2.09. The Hall–Kier alpha value is -2.43. The highest BCUT2D eigenvalue weighted by Gasteiger charge is 2.27. The summed E-state index contributed by atoms with van der Waals surface area (Å²) >= 11 is 1.71. The van der Waals surface area contributed by atoms with Crippen LogP contribution >= 0.6 is 11.3 Å². The van der Waals surface area contributed by atoms with Crippen molar-refractivity contribution >= 4 is 17.0 Å². The molecule has 4 rings (SSSR count). The number of phenols is 1. The van der Waals surface area contributed by atoms with Crippen molar-refractivity contribution < 1.29 is 5.11 Å². The van der Waals surface area contributed by atoms with Crippen LogP contribution in [0.4, 0.5) is 0 Å². The van der Waals surface area contributed by atoms with Crippen LogP contribution in [0.2, 0.25) is 0 Å². The van der Waals surface area contributed by atoms with Crippen LogP contribution in [0.15, 0.2) is 71.0 Å². The van der Waals surface area contributed by atoms with Gasteiger partial charge in [0, 0.05) is 22.9 Å². The van der Waals surface area contributed by atoms with E-state index in [-0.39, 0.29) is 12.2 Å². The Morgan fingerprint density at radius 2 is 1.84 bits per heavy atom. The molecule has 4 heteroatoms. The molecule has 2 heterocycles. The Kier molecular flexibility index (Phi) is 4.38. The van der Waals surface area contributed by atoms with E-state index < -0.39 is 0 Å². The van der Waals surface area contributed by atoms with E-state index in [1.165, 1.54) is 10.4 Å².